The Kier molecular flexibility index (Phi) is 4.61. The van der Waals surface area contributed by atoms with Gasteiger partial charge in [-0.3, -0.25) is 0 Å². The maximum atomic E-state index is 13.6. The molecule has 0 saturated heterocycles. The lowest BCUT2D eigenvalue weighted by atomic mass is 10.1. The third-order valence-electron chi connectivity index (χ3n) is 2.52. The third-order valence-corrected chi connectivity index (χ3v) is 4.02. The van der Waals surface area contributed by atoms with Crippen molar-refractivity contribution < 1.29 is 19.0 Å². The molecular weight excluding hydrogens is 388 g/mol. The molecule has 0 radical (unpaired) electrons. The largest absolute Gasteiger partial charge is 0.478 e. The summed E-state index contributed by atoms with van der Waals surface area (Å²) >= 11 is 15.1. The standard InChI is InChI=1S/C13H7BrCl2FNO3/c14-6-2-8(16)11(3-7(6)15)21-12-4-9(17)5(13(19)20)1-10(12)18/h1-4H,18H2,(H,19,20). The molecule has 0 aromatic heterocycles. The van der Waals surface area contributed by atoms with Crippen molar-refractivity contribution in [2.45, 2.75) is 0 Å². The van der Waals surface area contributed by atoms with Crippen LogP contribution in [0.5, 0.6) is 11.5 Å². The van der Waals surface area contributed by atoms with E-state index in [0.29, 0.717) is 9.50 Å². The van der Waals surface area contributed by atoms with Crippen molar-refractivity contribution in [2.75, 3.05) is 5.73 Å². The Morgan fingerprint density at radius 1 is 1.19 bits per heavy atom. The van der Waals surface area contributed by atoms with Gasteiger partial charge in [0.05, 0.1) is 21.3 Å². The van der Waals surface area contributed by atoms with Crippen molar-refractivity contribution in [3.63, 3.8) is 0 Å². The number of nitrogen functional groups attached to an aromatic ring is 1. The molecule has 110 valence electrons. The average molecular weight is 395 g/mol. The van der Waals surface area contributed by atoms with E-state index in [4.69, 9.17) is 38.8 Å². The molecule has 0 spiro atoms. The first-order valence-corrected chi connectivity index (χ1v) is 6.99. The normalized spacial score (nSPS) is 10.5. The van der Waals surface area contributed by atoms with Crippen LogP contribution in [-0.2, 0) is 0 Å². The van der Waals surface area contributed by atoms with E-state index in [1.807, 2.05) is 0 Å². The fraction of sp³-hybridized carbons (Fsp3) is 0. The number of ether oxygens (including phenoxy) is 1. The number of carboxylic acids is 1. The number of hydrogen-bond acceptors (Lipinski definition) is 3. The monoisotopic (exact) mass is 393 g/mol. The predicted octanol–water partition coefficient (Wildman–Crippen LogP) is 4.97. The van der Waals surface area contributed by atoms with Crippen LogP contribution in [0.25, 0.3) is 0 Å². The van der Waals surface area contributed by atoms with Crippen LogP contribution in [0, 0.1) is 5.82 Å². The molecule has 4 nitrogen and oxygen atoms in total. The maximum Gasteiger partial charge on any atom is 0.338 e. The molecule has 2 aromatic carbocycles. The first-order chi connectivity index (χ1) is 9.79. The molecule has 2 rings (SSSR count). The van der Waals surface area contributed by atoms with Gasteiger partial charge in [-0.1, -0.05) is 23.2 Å². The zero-order valence-electron chi connectivity index (χ0n) is 10.2. The van der Waals surface area contributed by atoms with Crippen molar-refractivity contribution in [1.82, 2.24) is 0 Å². The molecule has 2 aromatic rings. The molecule has 0 aliphatic carbocycles. The third kappa shape index (κ3) is 3.40. The van der Waals surface area contributed by atoms with E-state index >= 15 is 0 Å². The number of nitrogens with two attached hydrogens (primary N) is 1. The van der Waals surface area contributed by atoms with Crippen LogP contribution in [0.3, 0.4) is 0 Å². The van der Waals surface area contributed by atoms with Gasteiger partial charge >= 0.3 is 5.97 Å². The Bertz CT molecular complexity index is 740. The zero-order chi connectivity index (χ0) is 15.7. The second-order valence-corrected chi connectivity index (χ2v) is 5.64. The van der Waals surface area contributed by atoms with Crippen molar-refractivity contribution in [1.29, 1.82) is 0 Å². The smallest absolute Gasteiger partial charge is 0.338 e. The fourth-order valence-electron chi connectivity index (χ4n) is 1.53. The van der Waals surface area contributed by atoms with Gasteiger partial charge in [0, 0.05) is 16.6 Å². The topological polar surface area (TPSA) is 72.6 Å². The molecule has 8 heteroatoms. The van der Waals surface area contributed by atoms with Crippen LogP contribution >= 0.6 is 39.1 Å². The Balaban J connectivity index is 2.43. The van der Waals surface area contributed by atoms with Gasteiger partial charge < -0.3 is 15.6 Å². The first kappa shape index (κ1) is 15.9. The summed E-state index contributed by atoms with van der Waals surface area (Å²) in [6.07, 6.45) is 0. The van der Waals surface area contributed by atoms with Crippen molar-refractivity contribution >= 4 is 50.8 Å². The quantitative estimate of drug-likeness (QED) is 0.569. The molecule has 0 fully saturated rings. The first-order valence-electron chi connectivity index (χ1n) is 5.44. The van der Waals surface area contributed by atoms with Gasteiger partial charge in [0.1, 0.15) is 11.6 Å². The minimum absolute atomic E-state index is 0.0380. The van der Waals surface area contributed by atoms with E-state index in [1.54, 1.807) is 0 Å². The lowest BCUT2D eigenvalue weighted by Gasteiger charge is -2.12. The number of halogens is 4. The molecule has 0 unspecified atom stereocenters. The van der Waals surface area contributed by atoms with E-state index in [-0.39, 0.29) is 22.2 Å². The van der Waals surface area contributed by atoms with Crippen LogP contribution in [0.2, 0.25) is 10.0 Å². The van der Waals surface area contributed by atoms with Gasteiger partial charge in [-0.2, -0.15) is 0 Å². The van der Waals surface area contributed by atoms with Crippen LogP contribution < -0.4 is 10.5 Å². The Morgan fingerprint density at radius 3 is 2.48 bits per heavy atom. The van der Waals surface area contributed by atoms with Crippen LogP contribution in [0.1, 0.15) is 10.4 Å². The molecule has 0 heterocycles. The van der Waals surface area contributed by atoms with E-state index < -0.39 is 17.3 Å². The van der Waals surface area contributed by atoms with E-state index in [1.165, 1.54) is 12.1 Å². The lowest BCUT2D eigenvalue weighted by Crippen LogP contribution is -2.03. The van der Waals surface area contributed by atoms with Gasteiger partial charge in [0.2, 0.25) is 0 Å². The van der Waals surface area contributed by atoms with Gasteiger partial charge in [-0.25, -0.2) is 9.18 Å². The Hall–Kier alpha value is -1.50. The van der Waals surface area contributed by atoms with Crippen molar-refractivity contribution in [2.24, 2.45) is 0 Å². The Morgan fingerprint density at radius 2 is 1.86 bits per heavy atom. The molecule has 0 amide bonds. The van der Waals surface area contributed by atoms with Gasteiger partial charge in [0.15, 0.2) is 5.75 Å². The number of hydrogen-bond donors (Lipinski definition) is 2. The SMILES string of the molecule is Nc1cc(C(=O)O)c(F)cc1Oc1cc(Cl)c(Br)cc1Cl. The number of aromatic carboxylic acids is 1. The number of carboxylic acid groups (broad SMARTS) is 1. The molecule has 21 heavy (non-hydrogen) atoms. The molecule has 0 aliphatic rings. The summed E-state index contributed by atoms with van der Waals surface area (Å²) in [6, 6.07) is 4.79. The summed E-state index contributed by atoms with van der Waals surface area (Å²) in [6.45, 7) is 0. The van der Waals surface area contributed by atoms with Crippen LogP contribution in [-0.4, -0.2) is 11.1 Å². The molecule has 3 N–H and O–H groups in total. The molecule has 0 atom stereocenters. The average Bonchev–Trinajstić information content (AvgIpc) is 2.39. The summed E-state index contributed by atoms with van der Waals surface area (Å²) in [7, 11) is 0. The zero-order valence-corrected chi connectivity index (χ0v) is 13.3. The predicted molar refractivity (Wildman–Crippen MR) is 82.0 cm³/mol. The lowest BCUT2D eigenvalue weighted by molar-refractivity contribution is 0.0692. The van der Waals surface area contributed by atoms with E-state index in [9.17, 15) is 9.18 Å². The summed E-state index contributed by atoms with van der Waals surface area (Å²) in [5, 5.41) is 9.37. The molecule has 0 saturated carbocycles. The fourth-order valence-corrected chi connectivity index (χ4v) is 2.36. The minimum Gasteiger partial charge on any atom is -0.478 e. The van der Waals surface area contributed by atoms with Gasteiger partial charge in [-0.05, 0) is 28.1 Å². The van der Waals surface area contributed by atoms with Gasteiger partial charge in [0.25, 0.3) is 0 Å². The molecular formula is C13H7BrCl2FNO3. The number of carbonyl (C=O) groups is 1. The minimum atomic E-state index is -1.42. The number of rotatable bonds is 3. The maximum absolute atomic E-state index is 13.6. The molecule has 0 aliphatic heterocycles. The number of anilines is 1. The second kappa shape index (κ2) is 6.09. The highest BCUT2D eigenvalue weighted by Gasteiger charge is 2.16. The summed E-state index contributed by atoms with van der Waals surface area (Å²) in [4.78, 5) is 10.8. The highest BCUT2D eigenvalue weighted by atomic mass is 79.9. The van der Waals surface area contributed by atoms with E-state index in [0.717, 1.165) is 12.1 Å². The summed E-state index contributed by atoms with van der Waals surface area (Å²) in [5.41, 5.74) is 5.07. The Labute approximate surface area is 137 Å². The highest BCUT2D eigenvalue weighted by Crippen LogP contribution is 2.38. The van der Waals surface area contributed by atoms with E-state index in [2.05, 4.69) is 15.9 Å². The van der Waals surface area contributed by atoms with Crippen molar-refractivity contribution in [3.05, 3.63) is 50.2 Å². The highest BCUT2D eigenvalue weighted by molar-refractivity contribution is 9.10. The van der Waals surface area contributed by atoms with Crippen molar-refractivity contribution in [3.8, 4) is 11.5 Å². The summed E-state index contributed by atoms with van der Waals surface area (Å²) in [5.74, 6) is -2.28. The van der Waals surface area contributed by atoms with Gasteiger partial charge in [-0.15, -0.1) is 0 Å². The van der Waals surface area contributed by atoms with Crippen LogP contribution in [0.15, 0.2) is 28.7 Å². The second-order valence-electron chi connectivity index (χ2n) is 3.97. The number of benzene rings is 2. The summed E-state index contributed by atoms with van der Waals surface area (Å²) < 4.78 is 19.6. The van der Waals surface area contributed by atoms with Crippen LogP contribution in [0.4, 0.5) is 10.1 Å². The molecule has 0 bridgehead atoms.